The minimum absolute atomic E-state index is 0.618. The molecule has 1 aromatic carbocycles. The van der Waals surface area contributed by atoms with Gasteiger partial charge in [0.25, 0.3) is 0 Å². The molecule has 1 atom stereocenters. The van der Waals surface area contributed by atoms with Gasteiger partial charge in [0.2, 0.25) is 0 Å². The largest absolute Gasteiger partial charge is 0.254 e. The van der Waals surface area contributed by atoms with E-state index in [-0.39, 0.29) is 0 Å². The molecule has 68 valence electrons. The maximum atomic E-state index is 11.5. The summed E-state index contributed by atoms with van der Waals surface area (Å²) in [5.74, 6) is 0.618. The lowest BCUT2D eigenvalue weighted by molar-refractivity contribution is 0.683. The van der Waals surface area contributed by atoms with Crippen LogP contribution in [0.25, 0.3) is 0 Å². The van der Waals surface area contributed by atoms with E-state index in [2.05, 4.69) is 6.07 Å². The standard InChI is InChI=1S/C10H11NOS/c1-3-13(12)10-5-4-9(7-11)6-8(10)2/h4-6H,3H2,1-2H3. The first-order chi connectivity index (χ1) is 6.19. The number of nitrogens with zero attached hydrogens (tertiary/aromatic N) is 1. The molecule has 0 N–H and O–H groups in total. The molecule has 0 radical (unpaired) electrons. The van der Waals surface area contributed by atoms with Crippen molar-refractivity contribution in [3.63, 3.8) is 0 Å². The van der Waals surface area contributed by atoms with Gasteiger partial charge in [-0.2, -0.15) is 5.26 Å². The fraction of sp³-hybridized carbons (Fsp3) is 0.300. The predicted molar refractivity (Wildman–Crippen MR) is 52.8 cm³/mol. The van der Waals surface area contributed by atoms with E-state index in [4.69, 9.17) is 5.26 Å². The van der Waals surface area contributed by atoms with Gasteiger partial charge in [-0.25, -0.2) is 0 Å². The van der Waals surface area contributed by atoms with Gasteiger partial charge in [-0.05, 0) is 30.7 Å². The number of benzene rings is 1. The second kappa shape index (κ2) is 4.20. The van der Waals surface area contributed by atoms with Crippen molar-refractivity contribution in [2.75, 3.05) is 5.75 Å². The molecule has 3 heteroatoms. The van der Waals surface area contributed by atoms with Crippen LogP contribution >= 0.6 is 0 Å². The van der Waals surface area contributed by atoms with Gasteiger partial charge in [0.15, 0.2) is 0 Å². The van der Waals surface area contributed by atoms with Crippen LogP contribution in [0.2, 0.25) is 0 Å². The van der Waals surface area contributed by atoms with Crippen molar-refractivity contribution < 1.29 is 4.21 Å². The van der Waals surface area contributed by atoms with E-state index >= 15 is 0 Å². The van der Waals surface area contributed by atoms with Crippen LogP contribution in [0, 0.1) is 18.3 Å². The van der Waals surface area contributed by atoms with Gasteiger partial charge in [0.1, 0.15) is 0 Å². The molecule has 0 saturated heterocycles. The zero-order valence-corrected chi connectivity index (χ0v) is 8.52. The number of rotatable bonds is 2. The zero-order valence-electron chi connectivity index (χ0n) is 7.70. The minimum Gasteiger partial charge on any atom is -0.254 e. The summed E-state index contributed by atoms with van der Waals surface area (Å²) in [4.78, 5) is 0.835. The molecule has 0 amide bonds. The Kier molecular flexibility index (Phi) is 3.21. The Bertz CT molecular complexity index is 379. The van der Waals surface area contributed by atoms with Gasteiger partial charge in [-0.3, -0.25) is 4.21 Å². The highest BCUT2D eigenvalue weighted by Crippen LogP contribution is 2.14. The maximum absolute atomic E-state index is 11.5. The molecule has 0 bridgehead atoms. The predicted octanol–water partition coefficient (Wildman–Crippen LogP) is 1.99. The average Bonchev–Trinajstić information content (AvgIpc) is 2.16. The van der Waals surface area contributed by atoms with Gasteiger partial charge < -0.3 is 0 Å². The number of hydrogen-bond acceptors (Lipinski definition) is 2. The van der Waals surface area contributed by atoms with Gasteiger partial charge >= 0.3 is 0 Å². The molecule has 13 heavy (non-hydrogen) atoms. The molecule has 0 aliphatic heterocycles. The van der Waals surface area contributed by atoms with Gasteiger partial charge in [0.05, 0.1) is 22.4 Å². The highest BCUT2D eigenvalue weighted by molar-refractivity contribution is 7.85. The molecule has 0 fully saturated rings. The van der Waals surface area contributed by atoms with E-state index in [1.54, 1.807) is 18.2 Å². The number of nitriles is 1. The van der Waals surface area contributed by atoms with E-state index in [0.717, 1.165) is 10.5 Å². The van der Waals surface area contributed by atoms with E-state index < -0.39 is 10.8 Å². The van der Waals surface area contributed by atoms with Crippen LogP contribution in [0.5, 0.6) is 0 Å². The van der Waals surface area contributed by atoms with Gasteiger partial charge in [-0.1, -0.05) is 6.92 Å². The summed E-state index contributed by atoms with van der Waals surface area (Å²) in [5, 5.41) is 8.62. The average molecular weight is 193 g/mol. The lowest BCUT2D eigenvalue weighted by atomic mass is 10.2. The van der Waals surface area contributed by atoms with Crippen LogP contribution in [0.15, 0.2) is 23.1 Å². The molecular formula is C10H11NOS. The summed E-state index contributed by atoms with van der Waals surface area (Å²) in [6.07, 6.45) is 0. The van der Waals surface area contributed by atoms with Crippen molar-refractivity contribution in [3.05, 3.63) is 29.3 Å². The fourth-order valence-corrected chi connectivity index (χ4v) is 2.08. The van der Waals surface area contributed by atoms with Gasteiger partial charge in [0, 0.05) is 10.6 Å². The minimum atomic E-state index is -0.922. The molecule has 2 nitrogen and oxygen atoms in total. The van der Waals surface area contributed by atoms with Gasteiger partial charge in [-0.15, -0.1) is 0 Å². The van der Waals surface area contributed by atoms with Crippen LogP contribution in [-0.4, -0.2) is 9.96 Å². The molecule has 0 spiro atoms. The van der Waals surface area contributed by atoms with E-state index in [1.807, 2.05) is 13.8 Å². The Morgan fingerprint density at radius 3 is 2.69 bits per heavy atom. The summed E-state index contributed by atoms with van der Waals surface area (Å²) in [7, 11) is -0.922. The summed E-state index contributed by atoms with van der Waals surface area (Å²) < 4.78 is 11.5. The first-order valence-electron chi connectivity index (χ1n) is 4.08. The Morgan fingerprint density at radius 1 is 1.54 bits per heavy atom. The highest BCUT2D eigenvalue weighted by atomic mass is 32.2. The Balaban J connectivity index is 3.14. The molecule has 0 saturated carbocycles. The third kappa shape index (κ3) is 2.16. The lowest BCUT2D eigenvalue weighted by Crippen LogP contribution is -1.97. The van der Waals surface area contributed by atoms with Crippen molar-refractivity contribution in [1.29, 1.82) is 5.26 Å². The number of aryl methyl sites for hydroxylation is 1. The quantitative estimate of drug-likeness (QED) is 0.720. The van der Waals surface area contributed by atoms with E-state index in [1.165, 1.54) is 0 Å². The van der Waals surface area contributed by atoms with Crippen LogP contribution in [-0.2, 0) is 10.8 Å². The summed E-state index contributed by atoms with van der Waals surface area (Å²) in [6, 6.07) is 7.30. The topological polar surface area (TPSA) is 40.9 Å². The second-order valence-corrected chi connectivity index (χ2v) is 4.43. The molecule has 1 rings (SSSR count). The van der Waals surface area contributed by atoms with E-state index in [9.17, 15) is 4.21 Å². The van der Waals surface area contributed by atoms with Crippen LogP contribution in [0.4, 0.5) is 0 Å². The molecule has 0 aliphatic carbocycles. The van der Waals surface area contributed by atoms with Crippen molar-refractivity contribution in [2.45, 2.75) is 18.7 Å². The van der Waals surface area contributed by atoms with E-state index in [0.29, 0.717) is 11.3 Å². The third-order valence-electron chi connectivity index (χ3n) is 1.81. The normalized spacial score (nSPS) is 12.1. The van der Waals surface area contributed by atoms with Crippen LogP contribution < -0.4 is 0 Å². The van der Waals surface area contributed by atoms with Crippen molar-refractivity contribution >= 4 is 10.8 Å². The molecule has 0 aliphatic rings. The first-order valence-corrected chi connectivity index (χ1v) is 5.40. The van der Waals surface area contributed by atoms with Crippen molar-refractivity contribution in [1.82, 2.24) is 0 Å². The molecule has 0 heterocycles. The Morgan fingerprint density at radius 2 is 2.23 bits per heavy atom. The smallest absolute Gasteiger partial charge is 0.0991 e. The second-order valence-electron chi connectivity index (χ2n) is 2.73. The maximum Gasteiger partial charge on any atom is 0.0991 e. The first kappa shape index (κ1) is 9.94. The monoisotopic (exact) mass is 193 g/mol. The highest BCUT2D eigenvalue weighted by Gasteiger charge is 2.04. The Labute approximate surface area is 80.7 Å². The number of hydrogen-bond donors (Lipinski definition) is 0. The van der Waals surface area contributed by atoms with Crippen molar-refractivity contribution in [2.24, 2.45) is 0 Å². The molecule has 0 aromatic heterocycles. The van der Waals surface area contributed by atoms with Crippen LogP contribution in [0.1, 0.15) is 18.1 Å². The summed E-state index contributed by atoms with van der Waals surface area (Å²) in [6.45, 7) is 3.76. The third-order valence-corrected chi connectivity index (χ3v) is 3.28. The lowest BCUT2D eigenvalue weighted by Gasteiger charge is -2.03. The summed E-state index contributed by atoms with van der Waals surface area (Å²) in [5.41, 5.74) is 1.55. The zero-order chi connectivity index (χ0) is 9.84. The van der Waals surface area contributed by atoms with Crippen LogP contribution in [0.3, 0.4) is 0 Å². The summed E-state index contributed by atoms with van der Waals surface area (Å²) >= 11 is 0. The molecular weight excluding hydrogens is 182 g/mol. The fourth-order valence-electron chi connectivity index (χ4n) is 1.13. The Hall–Kier alpha value is -1.14. The van der Waals surface area contributed by atoms with Crippen molar-refractivity contribution in [3.8, 4) is 6.07 Å². The SMILES string of the molecule is CCS(=O)c1ccc(C#N)cc1C. The molecule has 1 unspecified atom stereocenters. The molecule has 1 aromatic rings.